The Labute approximate surface area is 97.3 Å². The van der Waals surface area contributed by atoms with E-state index in [1.807, 2.05) is 0 Å². The molecular formula is C9H18N2O4S. The number of rotatable bonds is 6. The molecule has 0 aromatic carbocycles. The van der Waals surface area contributed by atoms with Crippen molar-refractivity contribution < 1.29 is 18.9 Å². The molecule has 0 aromatic rings. The number of urea groups is 1. The van der Waals surface area contributed by atoms with Gasteiger partial charge in [0, 0.05) is 35.9 Å². The molecule has 2 amide bonds. The van der Waals surface area contributed by atoms with Crippen LogP contribution in [-0.2, 0) is 15.6 Å². The van der Waals surface area contributed by atoms with Crippen LogP contribution in [0, 0.1) is 5.41 Å². The normalized spacial score (nSPS) is 12.9. The molecule has 1 unspecified atom stereocenters. The van der Waals surface area contributed by atoms with Crippen LogP contribution in [0.4, 0.5) is 4.79 Å². The molecule has 0 rings (SSSR count). The number of carboxylic acid groups (broad SMARTS) is 1. The molecule has 0 bridgehead atoms. The third-order valence-electron chi connectivity index (χ3n) is 1.94. The van der Waals surface area contributed by atoms with E-state index in [1.54, 1.807) is 6.26 Å². The van der Waals surface area contributed by atoms with E-state index in [9.17, 15) is 13.8 Å². The first-order chi connectivity index (χ1) is 7.25. The van der Waals surface area contributed by atoms with Crippen molar-refractivity contribution in [3.63, 3.8) is 0 Å². The molecule has 0 aromatic heterocycles. The number of amides is 2. The molecule has 0 aliphatic carbocycles. The average Bonchev–Trinajstić information content (AvgIpc) is 2.14. The second-order valence-electron chi connectivity index (χ2n) is 4.08. The van der Waals surface area contributed by atoms with Gasteiger partial charge in [0.1, 0.15) is 0 Å². The second kappa shape index (κ2) is 6.47. The maximum Gasteiger partial charge on any atom is 0.314 e. The number of nitrogens with one attached hydrogen (secondary N) is 2. The van der Waals surface area contributed by atoms with Crippen LogP contribution in [0.3, 0.4) is 0 Å². The van der Waals surface area contributed by atoms with Gasteiger partial charge in [0.15, 0.2) is 0 Å². The smallest absolute Gasteiger partial charge is 0.314 e. The van der Waals surface area contributed by atoms with Crippen LogP contribution in [0.1, 0.15) is 13.8 Å². The van der Waals surface area contributed by atoms with Gasteiger partial charge >= 0.3 is 12.0 Å². The summed E-state index contributed by atoms with van der Waals surface area (Å²) in [6.45, 7) is 3.40. The van der Waals surface area contributed by atoms with Gasteiger partial charge in [-0.1, -0.05) is 0 Å². The predicted molar refractivity (Wildman–Crippen MR) is 61.8 cm³/mol. The zero-order valence-electron chi connectivity index (χ0n) is 9.70. The largest absolute Gasteiger partial charge is 0.481 e. The quantitative estimate of drug-likeness (QED) is 0.607. The van der Waals surface area contributed by atoms with Crippen molar-refractivity contribution in [1.29, 1.82) is 0 Å². The predicted octanol–water partition coefficient (Wildman–Crippen LogP) is -0.225. The Morgan fingerprint density at radius 2 is 1.88 bits per heavy atom. The van der Waals surface area contributed by atoms with Crippen molar-refractivity contribution in [2.75, 3.05) is 25.1 Å². The third-order valence-corrected chi connectivity index (χ3v) is 2.72. The summed E-state index contributed by atoms with van der Waals surface area (Å²) in [4.78, 5) is 21.9. The highest BCUT2D eigenvalue weighted by atomic mass is 32.2. The summed E-state index contributed by atoms with van der Waals surface area (Å²) in [5, 5.41) is 13.7. The zero-order chi connectivity index (χ0) is 12.8. The fourth-order valence-electron chi connectivity index (χ4n) is 0.748. The van der Waals surface area contributed by atoms with Crippen LogP contribution in [-0.4, -0.2) is 46.4 Å². The Morgan fingerprint density at radius 1 is 1.31 bits per heavy atom. The summed E-state index contributed by atoms with van der Waals surface area (Å²) >= 11 is 0. The summed E-state index contributed by atoms with van der Waals surface area (Å²) in [5.41, 5.74) is -0.995. The lowest BCUT2D eigenvalue weighted by molar-refractivity contribution is -0.146. The molecule has 0 heterocycles. The Kier molecular flexibility index (Phi) is 6.02. The van der Waals surface area contributed by atoms with Gasteiger partial charge in [0.25, 0.3) is 0 Å². The fraction of sp³-hybridized carbons (Fsp3) is 0.778. The highest BCUT2D eigenvalue weighted by Crippen LogP contribution is 2.12. The first-order valence-corrected chi connectivity index (χ1v) is 6.53. The summed E-state index contributed by atoms with van der Waals surface area (Å²) < 4.78 is 10.7. The molecule has 94 valence electrons. The van der Waals surface area contributed by atoms with E-state index >= 15 is 0 Å². The Bertz CT molecular complexity index is 291. The maximum atomic E-state index is 11.2. The van der Waals surface area contributed by atoms with Crippen LogP contribution in [0.2, 0.25) is 0 Å². The number of hydrogen-bond donors (Lipinski definition) is 3. The van der Waals surface area contributed by atoms with Gasteiger partial charge in [-0.15, -0.1) is 0 Å². The summed E-state index contributed by atoms with van der Waals surface area (Å²) in [7, 11) is -0.947. The van der Waals surface area contributed by atoms with Crippen molar-refractivity contribution in [2.24, 2.45) is 5.41 Å². The van der Waals surface area contributed by atoms with Crippen molar-refractivity contribution in [1.82, 2.24) is 10.6 Å². The topological polar surface area (TPSA) is 95.5 Å². The Balaban J connectivity index is 3.82. The average molecular weight is 250 g/mol. The summed E-state index contributed by atoms with van der Waals surface area (Å²) in [6.07, 6.45) is 1.55. The maximum absolute atomic E-state index is 11.2. The number of hydrogen-bond acceptors (Lipinski definition) is 3. The molecule has 0 radical (unpaired) electrons. The minimum absolute atomic E-state index is 0.0450. The van der Waals surface area contributed by atoms with Crippen molar-refractivity contribution in [2.45, 2.75) is 13.8 Å². The van der Waals surface area contributed by atoms with Gasteiger partial charge in [-0.3, -0.25) is 9.00 Å². The molecule has 0 spiro atoms. The van der Waals surface area contributed by atoms with Crippen molar-refractivity contribution >= 4 is 22.8 Å². The monoisotopic (exact) mass is 250 g/mol. The summed E-state index contributed by atoms with van der Waals surface area (Å²) in [6, 6.07) is -0.445. The fourth-order valence-corrected chi connectivity index (χ4v) is 1.14. The van der Waals surface area contributed by atoms with Crippen LogP contribution in [0.25, 0.3) is 0 Å². The molecule has 0 saturated heterocycles. The minimum atomic E-state index is -0.995. The highest BCUT2D eigenvalue weighted by molar-refractivity contribution is 7.84. The number of carboxylic acids is 1. The molecule has 0 fully saturated rings. The second-order valence-corrected chi connectivity index (χ2v) is 5.63. The molecule has 0 aliphatic rings. The van der Waals surface area contributed by atoms with Crippen molar-refractivity contribution in [3.05, 3.63) is 0 Å². The van der Waals surface area contributed by atoms with Crippen molar-refractivity contribution in [3.8, 4) is 0 Å². The number of aliphatic carboxylic acids is 1. The van der Waals surface area contributed by atoms with Gasteiger partial charge in [-0.2, -0.15) is 0 Å². The van der Waals surface area contributed by atoms with Crippen LogP contribution < -0.4 is 10.6 Å². The first kappa shape index (κ1) is 14.9. The number of carbonyl (C=O) groups excluding carboxylic acids is 1. The summed E-state index contributed by atoms with van der Waals surface area (Å²) in [5.74, 6) is -0.585. The van der Waals surface area contributed by atoms with E-state index in [4.69, 9.17) is 5.11 Å². The molecule has 3 N–H and O–H groups in total. The lowest BCUT2D eigenvalue weighted by atomic mass is 9.94. The van der Waals surface area contributed by atoms with Gasteiger partial charge in [0.05, 0.1) is 5.41 Å². The van der Waals surface area contributed by atoms with E-state index in [0.29, 0.717) is 12.3 Å². The molecule has 7 heteroatoms. The van der Waals surface area contributed by atoms with Gasteiger partial charge < -0.3 is 15.7 Å². The van der Waals surface area contributed by atoms with Gasteiger partial charge in [0.2, 0.25) is 0 Å². The Morgan fingerprint density at radius 3 is 2.31 bits per heavy atom. The minimum Gasteiger partial charge on any atom is -0.481 e. The van der Waals surface area contributed by atoms with E-state index < -0.39 is 28.2 Å². The lowest BCUT2D eigenvalue weighted by Crippen LogP contribution is -2.44. The molecule has 0 saturated carbocycles. The van der Waals surface area contributed by atoms with Crippen LogP contribution in [0.15, 0.2) is 0 Å². The molecular weight excluding hydrogens is 232 g/mol. The van der Waals surface area contributed by atoms with E-state index in [-0.39, 0.29) is 6.54 Å². The van der Waals surface area contributed by atoms with Gasteiger partial charge in [-0.05, 0) is 13.8 Å². The van der Waals surface area contributed by atoms with E-state index in [1.165, 1.54) is 13.8 Å². The van der Waals surface area contributed by atoms with Crippen LogP contribution >= 0.6 is 0 Å². The third kappa shape index (κ3) is 6.39. The lowest BCUT2D eigenvalue weighted by Gasteiger charge is -2.19. The molecule has 1 atom stereocenters. The first-order valence-electron chi connectivity index (χ1n) is 4.81. The highest BCUT2D eigenvalue weighted by Gasteiger charge is 2.27. The zero-order valence-corrected chi connectivity index (χ0v) is 10.5. The molecule has 6 nitrogen and oxygen atoms in total. The number of carbonyl (C=O) groups is 2. The SMILES string of the molecule is CS(=O)CCNC(=O)NCC(C)(C)C(=O)O. The van der Waals surface area contributed by atoms with Crippen LogP contribution in [0.5, 0.6) is 0 Å². The molecule has 16 heavy (non-hydrogen) atoms. The Hall–Kier alpha value is -1.11. The van der Waals surface area contributed by atoms with E-state index in [0.717, 1.165) is 0 Å². The van der Waals surface area contributed by atoms with Gasteiger partial charge in [-0.25, -0.2) is 4.79 Å². The van der Waals surface area contributed by atoms with E-state index in [2.05, 4.69) is 10.6 Å². The standard InChI is InChI=1S/C9H18N2O4S/c1-9(2,7(12)13)6-11-8(14)10-4-5-16(3)15/h4-6H2,1-3H3,(H,12,13)(H2,10,11,14). The molecule has 0 aliphatic heterocycles.